The Morgan fingerprint density at radius 2 is 1.96 bits per heavy atom. The third kappa shape index (κ3) is 4.41. The van der Waals surface area contributed by atoms with Crippen molar-refractivity contribution in [3.63, 3.8) is 0 Å². The first-order chi connectivity index (χ1) is 12.5. The van der Waals surface area contributed by atoms with Crippen LogP contribution in [-0.4, -0.2) is 27.1 Å². The molecule has 2 aromatic rings. The van der Waals surface area contributed by atoms with Crippen molar-refractivity contribution >= 4 is 5.91 Å². The third-order valence-corrected chi connectivity index (χ3v) is 5.22. The lowest BCUT2D eigenvalue weighted by Gasteiger charge is -2.36. The number of aryl methyl sites for hydroxylation is 2. The number of pyridine rings is 1. The first-order valence-electron chi connectivity index (χ1n) is 9.18. The summed E-state index contributed by atoms with van der Waals surface area (Å²) in [5.41, 5.74) is 1.49. The van der Waals surface area contributed by atoms with Crippen LogP contribution in [0, 0.1) is 6.92 Å². The monoisotopic (exact) mass is 354 g/mol. The minimum atomic E-state index is -0.982. The second-order valence-corrected chi connectivity index (χ2v) is 7.22. The molecule has 1 fully saturated rings. The lowest BCUT2D eigenvalue weighted by molar-refractivity contribution is -0.122. The minimum absolute atomic E-state index is 0.0582. The number of nitrogens with zero attached hydrogens (tertiary/aromatic N) is 1. The van der Waals surface area contributed by atoms with Crippen LogP contribution in [0.1, 0.15) is 48.9 Å². The van der Waals surface area contributed by atoms with Crippen molar-refractivity contribution in [3.8, 4) is 5.75 Å². The summed E-state index contributed by atoms with van der Waals surface area (Å²) >= 11 is 0. The number of amides is 1. The van der Waals surface area contributed by atoms with Gasteiger partial charge in [-0.15, -0.1) is 0 Å². The van der Waals surface area contributed by atoms with Crippen LogP contribution in [0.2, 0.25) is 0 Å². The van der Waals surface area contributed by atoms with Crippen LogP contribution < -0.4 is 5.32 Å². The highest BCUT2D eigenvalue weighted by Gasteiger charge is 2.36. The van der Waals surface area contributed by atoms with Crippen molar-refractivity contribution in [1.82, 2.24) is 10.3 Å². The van der Waals surface area contributed by atoms with Gasteiger partial charge in [0.15, 0.2) is 0 Å². The first kappa shape index (κ1) is 18.4. The predicted octanol–water partition coefficient (Wildman–Crippen LogP) is 2.97. The molecule has 3 rings (SSSR count). The predicted molar refractivity (Wildman–Crippen MR) is 99.7 cm³/mol. The first-order valence-corrected chi connectivity index (χ1v) is 9.18. The van der Waals surface area contributed by atoms with E-state index in [0.717, 1.165) is 24.8 Å². The maximum atomic E-state index is 12.2. The van der Waals surface area contributed by atoms with Crippen LogP contribution in [0.25, 0.3) is 0 Å². The average Bonchev–Trinajstić information content (AvgIpc) is 2.65. The zero-order valence-electron chi connectivity index (χ0n) is 15.1. The van der Waals surface area contributed by atoms with Crippen molar-refractivity contribution in [3.05, 3.63) is 59.4 Å². The summed E-state index contributed by atoms with van der Waals surface area (Å²) in [6.07, 6.45) is 5.13. The molecule has 1 amide bonds. The van der Waals surface area contributed by atoms with Gasteiger partial charge in [0.05, 0.1) is 11.9 Å². The summed E-state index contributed by atoms with van der Waals surface area (Å²) in [4.78, 5) is 16.4. The van der Waals surface area contributed by atoms with Crippen LogP contribution >= 0.6 is 0 Å². The summed E-state index contributed by atoms with van der Waals surface area (Å²) in [5.74, 6) is 0.194. The SMILES string of the molecule is Cc1cc(C2(O)CCC(NC(=O)CCc3ccccc3)CC2)ncc1O. The van der Waals surface area contributed by atoms with Crippen LogP contribution in [0.3, 0.4) is 0 Å². The zero-order valence-corrected chi connectivity index (χ0v) is 15.1. The van der Waals surface area contributed by atoms with E-state index in [1.807, 2.05) is 30.3 Å². The van der Waals surface area contributed by atoms with Gasteiger partial charge in [-0.3, -0.25) is 9.78 Å². The fourth-order valence-electron chi connectivity index (χ4n) is 3.50. The van der Waals surface area contributed by atoms with E-state index in [0.29, 0.717) is 30.5 Å². The molecule has 0 aliphatic heterocycles. The second-order valence-electron chi connectivity index (χ2n) is 7.22. The molecule has 26 heavy (non-hydrogen) atoms. The van der Waals surface area contributed by atoms with Gasteiger partial charge in [0, 0.05) is 12.5 Å². The largest absolute Gasteiger partial charge is 0.506 e. The Kier molecular flexibility index (Phi) is 5.57. The maximum absolute atomic E-state index is 12.2. The number of rotatable bonds is 5. The summed E-state index contributed by atoms with van der Waals surface area (Å²) in [5, 5.41) is 23.6. The standard InChI is InChI=1S/C21H26N2O3/c1-15-13-19(22-14-18(15)24)21(26)11-9-17(10-12-21)23-20(25)8-7-16-5-3-2-4-6-16/h2-6,13-14,17,24,26H,7-12H2,1H3,(H,23,25). The Morgan fingerprint density at radius 3 is 2.62 bits per heavy atom. The Morgan fingerprint density at radius 1 is 1.27 bits per heavy atom. The van der Waals surface area contributed by atoms with Gasteiger partial charge in [-0.05, 0) is 56.2 Å². The van der Waals surface area contributed by atoms with Crippen LogP contribution in [0.4, 0.5) is 0 Å². The van der Waals surface area contributed by atoms with Gasteiger partial charge in [0.1, 0.15) is 11.4 Å². The van der Waals surface area contributed by atoms with Crippen molar-refractivity contribution in [2.45, 2.75) is 57.1 Å². The molecule has 3 N–H and O–H groups in total. The Bertz CT molecular complexity index is 753. The minimum Gasteiger partial charge on any atom is -0.506 e. The molecule has 0 atom stereocenters. The van der Waals surface area contributed by atoms with Gasteiger partial charge in [0.2, 0.25) is 5.91 Å². The molecule has 1 saturated carbocycles. The Labute approximate surface area is 154 Å². The summed E-state index contributed by atoms with van der Waals surface area (Å²) in [7, 11) is 0. The van der Waals surface area contributed by atoms with Gasteiger partial charge >= 0.3 is 0 Å². The zero-order chi connectivity index (χ0) is 18.6. The number of aliphatic hydroxyl groups is 1. The topological polar surface area (TPSA) is 82.5 Å². The molecule has 5 heteroatoms. The molecule has 1 aliphatic rings. The molecule has 5 nitrogen and oxygen atoms in total. The van der Waals surface area contributed by atoms with Gasteiger partial charge in [-0.25, -0.2) is 0 Å². The number of benzene rings is 1. The molecule has 138 valence electrons. The van der Waals surface area contributed by atoms with Crippen LogP contribution in [0.5, 0.6) is 5.75 Å². The van der Waals surface area contributed by atoms with Gasteiger partial charge in [-0.1, -0.05) is 30.3 Å². The molecule has 0 bridgehead atoms. The van der Waals surface area contributed by atoms with E-state index in [4.69, 9.17) is 0 Å². The molecule has 0 spiro atoms. The Balaban J connectivity index is 1.50. The number of hydrogen-bond acceptors (Lipinski definition) is 4. The third-order valence-electron chi connectivity index (χ3n) is 5.22. The summed E-state index contributed by atoms with van der Waals surface area (Å²) in [6.45, 7) is 1.79. The molecule has 1 aromatic carbocycles. The number of aromatic nitrogens is 1. The van der Waals surface area contributed by atoms with E-state index in [2.05, 4.69) is 10.3 Å². The molecule has 0 unspecified atom stereocenters. The molecule has 0 saturated heterocycles. The van der Waals surface area contributed by atoms with Gasteiger partial charge in [-0.2, -0.15) is 0 Å². The summed E-state index contributed by atoms with van der Waals surface area (Å²) < 4.78 is 0. The van der Waals surface area contributed by atoms with Gasteiger partial charge in [0.25, 0.3) is 0 Å². The van der Waals surface area contributed by atoms with E-state index in [-0.39, 0.29) is 17.7 Å². The number of carbonyl (C=O) groups is 1. The molecule has 1 aromatic heterocycles. The van der Waals surface area contributed by atoms with E-state index in [9.17, 15) is 15.0 Å². The Hall–Kier alpha value is -2.40. The van der Waals surface area contributed by atoms with E-state index >= 15 is 0 Å². The van der Waals surface area contributed by atoms with Crippen molar-refractivity contribution in [1.29, 1.82) is 0 Å². The average molecular weight is 354 g/mol. The fourth-order valence-corrected chi connectivity index (χ4v) is 3.50. The quantitative estimate of drug-likeness (QED) is 0.771. The smallest absolute Gasteiger partial charge is 0.220 e. The molecule has 1 aliphatic carbocycles. The number of carbonyl (C=O) groups excluding carboxylic acids is 1. The van der Waals surface area contributed by atoms with Crippen LogP contribution in [-0.2, 0) is 16.8 Å². The molecular weight excluding hydrogens is 328 g/mol. The highest BCUT2D eigenvalue weighted by Crippen LogP contribution is 2.37. The molecular formula is C21H26N2O3. The highest BCUT2D eigenvalue weighted by molar-refractivity contribution is 5.76. The van der Waals surface area contributed by atoms with Crippen molar-refractivity contribution < 1.29 is 15.0 Å². The normalized spacial score (nSPS) is 22.8. The number of aromatic hydroxyl groups is 1. The lowest BCUT2D eigenvalue weighted by atomic mass is 9.79. The van der Waals surface area contributed by atoms with E-state index < -0.39 is 5.60 Å². The highest BCUT2D eigenvalue weighted by atomic mass is 16.3. The molecule has 1 heterocycles. The van der Waals surface area contributed by atoms with Crippen molar-refractivity contribution in [2.75, 3.05) is 0 Å². The van der Waals surface area contributed by atoms with Gasteiger partial charge < -0.3 is 15.5 Å². The van der Waals surface area contributed by atoms with E-state index in [1.54, 1.807) is 13.0 Å². The maximum Gasteiger partial charge on any atom is 0.220 e. The lowest BCUT2D eigenvalue weighted by Crippen LogP contribution is -2.42. The number of nitrogens with one attached hydrogen (secondary N) is 1. The molecule has 0 radical (unpaired) electrons. The van der Waals surface area contributed by atoms with Crippen molar-refractivity contribution in [2.24, 2.45) is 0 Å². The van der Waals surface area contributed by atoms with Crippen LogP contribution in [0.15, 0.2) is 42.6 Å². The fraction of sp³-hybridized carbons (Fsp3) is 0.429. The summed E-state index contributed by atoms with van der Waals surface area (Å²) in [6, 6.07) is 11.8. The van der Waals surface area contributed by atoms with E-state index in [1.165, 1.54) is 6.20 Å². The second kappa shape index (κ2) is 7.87. The number of hydrogen-bond donors (Lipinski definition) is 3.